The summed E-state index contributed by atoms with van der Waals surface area (Å²) >= 11 is 3.41. The summed E-state index contributed by atoms with van der Waals surface area (Å²) in [6, 6.07) is 15.8. The fourth-order valence-corrected chi connectivity index (χ4v) is 3.52. The minimum Gasteiger partial charge on any atom is -0.491 e. The summed E-state index contributed by atoms with van der Waals surface area (Å²) in [5, 5.41) is 10.5. The molecule has 1 aliphatic rings. The van der Waals surface area contributed by atoms with Crippen LogP contribution in [0.4, 0.5) is 0 Å². The van der Waals surface area contributed by atoms with Crippen molar-refractivity contribution in [2.75, 3.05) is 6.61 Å². The molecule has 4 nitrogen and oxygen atoms in total. The van der Waals surface area contributed by atoms with Gasteiger partial charge in [0, 0.05) is 10.4 Å². The van der Waals surface area contributed by atoms with E-state index in [-0.39, 0.29) is 6.61 Å². The summed E-state index contributed by atoms with van der Waals surface area (Å²) in [4.78, 5) is 4.82. The van der Waals surface area contributed by atoms with E-state index >= 15 is 0 Å². The fourth-order valence-electron chi connectivity index (χ4n) is 3.25. The van der Waals surface area contributed by atoms with E-state index in [1.807, 2.05) is 42.5 Å². The van der Waals surface area contributed by atoms with Crippen LogP contribution in [0.15, 0.2) is 53.0 Å². The molecule has 130 valence electrons. The zero-order valence-electron chi connectivity index (χ0n) is 13.9. The SMILES string of the molecule is OC(COc1ccc(Br)cc1)Cn1c(C2CCC2)nc2ccccc21. The lowest BCUT2D eigenvalue weighted by Gasteiger charge is -2.26. The Morgan fingerprint density at radius 3 is 2.64 bits per heavy atom. The lowest BCUT2D eigenvalue weighted by molar-refractivity contribution is 0.0919. The number of nitrogens with zero attached hydrogens (tertiary/aromatic N) is 2. The molecule has 0 radical (unpaired) electrons. The van der Waals surface area contributed by atoms with E-state index in [1.165, 1.54) is 19.3 Å². The minimum atomic E-state index is -0.583. The van der Waals surface area contributed by atoms with Crippen LogP contribution in [-0.2, 0) is 6.54 Å². The van der Waals surface area contributed by atoms with Crippen molar-refractivity contribution in [3.63, 3.8) is 0 Å². The van der Waals surface area contributed by atoms with Gasteiger partial charge in [0.1, 0.15) is 24.3 Å². The van der Waals surface area contributed by atoms with Crippen molar-refractivity contribution in [3.05, 3.63) is 58.8 Å². The summed E-state index contributed by atoms with van der Waals surface area (Å²) < 4.78 is 8.90. The first kappa shape index (κ1) is 16.6. The van der Waals surface area contributed by atoms with E-state index in [2.05, 4.69) is 26.6 Å². The molecule has 1 fully saturated rings. The van der Waals surface area contributed by atoms with Gasteiger partial charge in [0.2, 0.25) is 0 Å². The molecule has 1 saturated carbocycles. The van der Waals surface area contributed by atoms with Gasteiger partial charge in [0.25, 0.3) is 0 Å². The maximum atomic E-state index is 10.5. The van der Waals surface area contributed by atoms with E-state index in [1.54, 1.807) is 0 Å². The Bertz CT molecular complexity index is 856. The maximum Gasteiger partial charge on any atom is 0.119 e. The number of halogens is 1. The van der Waals surface area contributed by atoms with Crippen molar-refractivity contribution < 1.29 is 9.84 Å². The summed E-state index contributed by atoms with van der Waals surface area (Å²) in [7, 11) is 0. The first-order valence-corrected chi connectivity index (χ1v) is 9.51. The van der Waals surface area contributed by atoms with E-state index < -0.39 is 6.10 Å². The third kappa shape index (κ3) is 3.58. The van der Waals surface area contributed by atoms with Gasteiger partial charge in [-0.05, 0) is 49.2 Å². The molecule has 3 aromatic rings. The number of hydrogen-bond acceptors (Lipinski definition) is 3. The van der Waals surface area contributed by atoms with Crippen molar-refractivity contribution in [2.45, 2.75) is 37.8 Å². The highest BCUT2D eigenvalue weighted by Gasteiger charge is 2.26. The number of aliphatic hydroxyl groups excluding tert-OH is 1. The fraction of sp³-hybridized carbons (Fsp3) is 0.350. The normalized spacial score (nSPS) is 15.9. The molecule has 0 spiro atoms. The van der Waals surface area contributed by atoms with Crippen LogP contribution in [0.25, 0.3) is 11.0 Å². The molecule has 0 bridgehead atoms. The molecule has 0 amide bonds. The number of fused-ring (bicyclic) bond motifs is 1. The molecule has 0 saturated heterocycles. The van der Waals surface area contributed by atoms with Crippen molar-refractivity contribution in [1.29, 1.82) is 0 Å². The quantitative estimate of drug-likeness (QED) is 0.662. The van der Waals surface area contributed by atoms with Gasteiger partial charge >= 0.3 is 0 Å². The second-order valence-electron chi connectivity index (χ2n) is 6.62. The molecule has 1 N–H and O–H groups in total. The lowest BCUT2D eigenvalue weighted by Crippen LogP contribution is -2.26. The predicted octanol–water partition coefficient (Wildman–Crippen LogP) is 4.51. The van der Waals surface area contributed by atoms with Gasteiger partial charge in [0.15, 0.2) is 0 Å². The van der Waals surface area contributed by atoms with Gasteiger partial charge in [-0.3, -0.25) is 0 Å². The maximum absolute atomic E-state index is 10.5. The lowest BCUT2D eigenvalue weighted by atomic mass is 9.85. The van der Waals surface area contributed by atoms with Crippen molar-refractivity contribution in [2.24, 2.45) is 0 Å². The van der Waals surface area contributed by atoms with Crippen LogP contribution < -0.4 is 4.74 Å². The Balaban J connectivity index is 1.50. The number of imidazole rings is 1. The molecule has 1 heterocycles. The van der Waals surface area contributed by atoms with E-state index in [0.717, 1.165) is 27.1 Å². The van der Waals surface area contributed by atoms with Crippen molar-refractivity contribution in [3.8, 4) is 5.75 Å². The minimum absolute atomic E-state index is 0.262. The summed E-state index contributed by atoms with van der Waals surface area (Å²) in [5.74, 6) is 2.39. The number of aromatic nitrogens is 2. The number of aliphatic hydroxyl groups is 1. The van der Waals surface area contributed by atoms with Crippen LogP contribution in [-0.4, -0.2) is 27.4 Å². The van der Waals surface area contributed by atoms with Gasteiger partial charge in [-0.15, -0.1) is 0 Å². The van der Waals surface area contributed by atoms with Gasteiger partial charge in [0.05, 0.1) is 17.6 Å². The zero-order chi connectivity index (χ0) is 17.2. The molecule has 1 atom stereocenters. The molecule has 1 aliphatic carbocycles. The predicted molar refractivity (Wildman–Crippen MR) is 102 cm³/mol. The average Bonchev–Trinajstić information content (AvgIpc) is 2.91. The van der Waals surface area contributed by atoms with Crippen LogP contribution >= 0.6 is 15.9 Å². The van der Waals surface area contributed by atoms with E-state index in [9.17, 15) is 5.11 Å². The second kappa shape index (κ2) is 7.18. The van der Waals surface area contributed by atoms with Gasteiger partial charge in [-0.2, -0.15) is 0 Å². The molecule has 2 aromatic carbocycles. The van der Waals surface area contributed by atoms with Gasteiger partial charge in [-0.25, -0.2) is 4.98 Å². The number of para-hydroxylation sites is 2. The Labute approximate surface area is 155 Å². The Morgan fingerprint density at radius 1 is 1.16 bits per heavy atom. The van der Waals surface area contributed by atoms with Gasteiger partial charge < -0.3 is 14.4 Å². The van der Waals surface area contributed by atoms with Crippen LogP contribution in [0.5, 0.6) is 5.75 Å². The molecule has 1 unspecified atom stereocenters. The van der Waals surface area contributed by atoms with E-state index in [0.29, 0.717) is 12.5 Å². The van der Waals surface area contributed by atoms with Crippen molar-refractivity contribution >= 4 is 27.0 Å². The summed E-state index contributed by atoms with van der Waals surface area (Å²) in [5.41, 5.74) is 2.09. The Morgan fingerprint density at radius 2 is 1.92 bits per heavy atom. The summed E-state index contributed by atoms with van der Waals surface area (Å²) in [6.07, 6.45) is 3.06. The summed E-state index contributed by atoms with van der Waals surface area (Å²) in [6.45, 7) is 0.765. The second-order valence-corrected chi connectivity index (χ2v) is 7.53. The third-order valence-corrected chi connectivity index (χ3v) is 5.33. The first-order valence-electron chi connectivity index (χ1n) is 8.72. The number of benzene rings is 2. The Hall–Kier alpha value is -1.85. The van der Waals surface area contributed by atoms with Crippen LogP contribution in [0.3, 0.4) is 0 Å². The van der Waals surface area contributed by atoms with E-state index in [4.69, 9.17) is 9.72 Å². The molecule has 25 heavy (non-hydrogen) atoms. The molecule has 4 rings (SSSR count). The van der Waals surface area contributed by atoms with Crippen LogP contribution in [0.2, 0.25) is 0 Å². The zero-order valence-corrected chi connectivity index (χ0v) is 15.5. The highest BCUT2D eigenvalue weighted by molar-refractivity contribution is 9.10. The Kier molecular flexibility index (Phi) is 4.77. The standard InChI is InChI=1S/C20H21BrN2O2/c21-15-8-10-17(11-9-15)25-13-16(24)12-23-19-7-2-1-6-18(19)22-20(23)14-4-3-5-14/h1-2,6-11,14,16,24H,3-5,12-13H2. The molecular formula is C20H21BrN2O2. The van der Waals surface area contributed by atoms with Gasteiger partial charge in [-0.1, -0.05) is 34.5 Å². The van der Waals surface area contributed by atoms with Crippen LogP contribution in [0, 0.1) is 0 Å². The number of hydrogen-bond donors (Lipinski definition) is 1. The molecular weight excluding hydrogens is 380 g/mol. The molecule has 5 heteroatoms. The highest BCUT2D eigenvalue weighted by Crippen LogP contribution is 2.37. The smallest absolute Gasteiger partial charge is 0.119 e. The number of ether oxygens (including phenoxy) is 1. The topological polar surface area (TPSA) is 47.3 Å². The largest absolute Gasteiger partial charge is 0.491 e. The molecule has 0 aliphatic heterocycles. The first-order chi connectivity index (χ1) is 12.2. The highest BCUT2D eigenvalue weighted by atomic mass is 79.9. The van der Waals surface area contributed by atoms with Crippen LogP contribution in [0.1, 0.15) is 31.0 Å². The average molecular weight is 401 g/mol. The molecule has 1 aromatic heterocycles. The number of rotatable bonds is 6. The third-order valence-electron chi connectivity index (χ3n) is 4.80. The monoisotopic (exact) mass is 400 g/mol. The van der Waals surface area contributed by atoms with Crippen molar-refractivity contribution in [1.82, 2.24) is 9.55 Å².